The van der Waals surface area contributed by atoms with Gasteiger partial charge in [-0.3, -0.25) is 9.59 Å². The van der Waals surface area contributed by atoms with Crippen LogP contribution < -0.4 is 5.32 Å². The quantitative estimate of drug-likeness (QED) is 0.811. The molecule has 0 saturated heterocycles. The summed E-state index contributed by atoms with van der Waals surface area (Å²) in [5.74, 6) is -1.55. The molecule has 1 amide bonds. The number of carbonyl (C=O) groups is 2. The number of benzene rings is 1. The third kappa shape index (κ3) is 7.49. The zero-order valence-corrected chi connectivity index (χ0v) is 13.1. The highest BCUT2D eigenvalue weighted by Gasteiger charge is 2.19. The molecular formula is C17H25NO3. The largest absolute Gasteiger partial charge is 0.481 e. The van der Waals surface area contributed by atoms with Crippen LogP contribution in [0.5, 0.6) is 0 Å². The van der Waals surface area contributed by atoms with Crippen LogP contribution in [0.4, 0.5) is 0 Å². The normalized spacial score (nSPS) is 12.7. The highest BCUT2D eigenvalue weighted by Crippen LogP contribution is 2.20. The molecule has 0 bridgehead atoms. The number of amides is 1. The number of rotatable bonds is 7. The Bertz CT molecular complexity index is 463. The molecule has 4 heteroatoms. The van der Waals surface area contributed by atoms with Gasteiger partial charge in [0, 0.05) is 13.0 Å². The summed E-state index contributed by atoms with van der Waals surface area (Å²) in [5, 5.41) is 12.0. The molecule has 116 valence electrons. The predicted octanol–water partition coefficient (Wildman–Crippen LogP) is 2.87. The lowest BCUT2D eigenvalue weighted by atomic mass is 9.90. The van der Waals surface area contributed by atoms with Crippen molar-refractivity contribution >= 4 is 11.9 Å². The minimum absolute atomic E-state index is 0.0794. The molecule has 0 spiro atoms. The van der Waals surface area contributed by atoms with Crippen molar-refractivity contribution in [2.45, 2.75) is 40.0 Å². The highest BCUT2D eigenvalue weighted by atomic mass is 16.4. The first-order valence-corrected chi connectivity index (χ1v) is 7.31. The minimum Gasteiger partial charge on any atom is -0.481 e. The van der Waals surface area contributed by atoms with E-state index >= 15 is 0 Å². The number of aliphatic carboxylic acids is 1. The molecular weight excluding hydrogens is 266 g/mol. The first-order valence-electron chi connectivity index (χ1n) is 7.31. The van der Waals surface area contributed by atoms with E-state index in [1.165, 1.54) is 0 Å². The van der Waals surface area contributed by atoms with Crippen molar-refractivity contribution < 1.29 is 14.7 Å². The predicted molar refractivity (Wildman–Crippen MR) is 83.0 cm³/mol. The van der Waals surface area contributed by atoms with Crippen molar-refractivity contribution in [3.63, 3.8) is 0 Å². The minimum atomic E-state index is -0.880. The Balaban J connectivity index is 2.45. The molecule has 1 aromatic carbocycles. The SMILES string of the molecule is CC(C)(C)CCC(=O)NCC(Cc1ccccc1)C(=O)O. The molecule has 1 aromatic rings. The van der Waals surface area contributed by atoms with Crippen molar-refractivity contribution in [1.29, 1.82) is 0 Å². The molecule has 4 nitrogen and oxygen atoms in total. The van der Waals surface area contributed by atoms with Gasteiger partial charge in [0.05, 0.1) is 5.92 Å². The van der Waals surface area contributed by atoms with Crippen molar-refractivity contribution in [3.8, 4) is 0 Å². The van der Waals surface area contributed by atoms with E-state index in [9.17, 15) is 14.7 Å². The van der Waals surface area contributed by atoms with Gasteiger partial charge in [0.15, 0.2) is 0 Å². The van der Waals surface area contributed by atoms with Crippen LogP contribution in [0.3, 0.4) is 0 Å². The lowest BCUT2D eigenvalue weighted by Gasteiger charge is -2.18. The van der Waals surface area contributed by atoms with Gasteiger partial charge in [-0.25, -0.2) is 0 Å². The first-order chi connectivity index (χ1) is 9.78. The van der Waals surface area contributed by atoms with E-state index in [0.717, 1.165) is 12.0 Å². The monoisotopic (exact) mass is 291 g/mol. The second kappa shape index (κ2) is 7.81. The van der Waals surface area contributed by atoms with E-state index in [1.54, 1.807) is 0 Å². The van der Waals surface area contributed by atoms with E-state index in [0.29, 0.717) is 12.8 Å². The highest BCUT2D eigenvalue weighted by molar-refractivity contribution is 5.77. The molecule has 1 unspecified atom stereocenters. The molecule has 0 aliphatic rings. The lowest BCUT2D eigenvalue weighted by molar-refractivity contribution is -0.141. The molecule has 0 aliphatic carbocycles. The summed E-state index contributed by atoms with van der Waals surface area (Å²) in [5.41, 5.74) is 1.07. The average Bonchev–Trinajstić information content (AvgIpc) is 2.41. The third-order valence-corrected chi connectivity index (χ3v) is 3.32. The molecule has 0 heterocycles. The molecule has 0 saturated carbocycles. The Kier molecular flexibility index (Phi) is 6.40. The molecule has 21 heavy (non-hydrogen) atoms. The van der Waals surface area contributed by atoms with E-state index in [2.05, 4.69) is 26.1 Å². The number of hydrogen-bond acceptors (Lipinski definition) is 2. The topological polar surface area (TPSA) is 66.4 Å². The van der Waals surface area contributed by atoms with Crippen LogP contribution in [-0.4, -0.2) is 23.5 Å². The lowest BCUT2D eigenvalue weighted by Crippen LogP contribution is -2.34. The van der Waals surface area contributed by atoms with E-state index in [1.807, 2.05) is 30.3 Å². The van der Waals surface area contributed by atoms with Crippen LogP contribution in [-0.2, 0) is 16.0 Å². The molecule has 1 atom stereocenters. The second-order valence-electron chi connectivity index (χ2n) is 6.59. The number of nitrogens with one attached hydrogen (secondary N) is 1. The fraction of sp³-hybridized carbons (Fsp3) is 0.529. The number of carbonyl (C=O) groups excluding carboxylic acids is 1. The summed E-state index contributed by atoms with van der Waals surface area (Å²) in [6, 6.07) is 9.47. The molecule has 2 N–H and O–H groups in total. The zero-order valence-electron chi connectivity index (χ0n) is 13.1. The number of hydrogen-bond donors (Lipinski definition) is 2. The number of carboxylic acids is 1. The molecule has 0 aliphatic heterocycles. The van der Waals surface area contributed by atoms with Crippen molar-refractivity contribution in [2.75, 3.05) is 6.54 Å². The third-order valence-electron chi connectivity index (χ3n) is 3.32. The molecule has 0 aromatic heterocycles. The van der Waals surface area contributed by atoms with Gasteiger partial charge in [0.1, 0.15) is 0 Å². The van der Waals surface area contributed by atoms with Crippen LogP contribution in [0.15, 0.2) is 30.3 Å². The van der Waals surface area contributed by atoms with E-state index in [-0.39, 0.29) is 17.9 Å². The molecule has 0 fully saturated rings. The van der Waals surface area contributed by atoms with Gasteiger partial charge < -0.3 is 10.4 Å². The van der Waals surface area contributed by atoms with Crippen LogP contribution in [0, 0.1) is 11.3 Å². The van der Waals surface area contributed by atoms with Gasteiger partial charge in [0.25, 0.3) is 0 Å². The zero-order chi connectivity index (χ0) is 15.9. The van der Waals surface area contributed by atoms with Crippen LogP contribution in [0.2, 0.25) is 0 Å². The number of carboxylic acid groups (broad SMARTS) is 1. The average molecular weight is 291 g/mol. The van der Waals surface area contributed by atoms with Gasteiger partial charge >= 0.3 is 5.97 Å². The van der Waals surface area contributed by atoms with Crippen LogP contribution in [0.1, 0.15) is 39.2 Å². The molecule has 1 rings (SSSR count). The fourth-order valence-electron chi connectivity index (χ4n) is 1.96. The van der Waals surface area contributed by atoms with Gasteiger partial charge in [0.2, 0.25) is 5.91 Å². The van der Waals surface area contributed by atoms with Crippen LogP contribution in [0.25, 0.3) is 0 Å². The summed E-state index contributed by atoms with van der Waals surface area (Å²) < 4.78 is 0. The van der Waals surface area contributed by atoms with Crippen molar-refractivity contribution in [1.82, 2.24) is 5.32 Å². The fourth-order valence-corrected chi connectivity index (χ4v) is 1.96. The second-order valence-corrected chi connectivity index (χ2v) is 6.59. The Labute approximate surface area is 126 Å². The summed E-state index contributed by atoms with van der Waals surface area (Å²) in [6.07, 6.45) is 1.64. The van der Waals surface area contributed by atoms with Gasteiger partial charge in [-0.15, -0.1) is 0 Å². The van der Waals surface area contributed by atoms with Gasteiger partial charge in [-0.1, -0.05) is 51.1 Å². The van der Waals surface area contributed by atoms with E-state index in [4.69, 9.17) is 0 Å². The summed E-state index contributed by atoms with van der Waals surface area (Å²) in [4.78, 5) is 23.0. The van der Waals surface area contributed by atoms with Gasteiger partial charge in [-0.05, 0) is 23.8 Å². The smallest absolute Gasteiger partial charge is 0.308 e. The van der Waals surface area contributed by atoms with Crippen molar-refractivity contribution in [2.24, 2.45) is 11.3 Å². The maximum absolute atomic E-state index is 11.8. The van der Waals surface area contributed by atoms with Crippen molar-refractivity contribution in [3.05, 3.63) is 35.9 Å². The Morgan fingerprint density at radius 2 is 1.81 bits per heavy atom. The van der Waals surface area contributed by atoms with Crippen LogP contribution >= 0.6 is 0 Å². The Morgan fingerprint density at radius 1 is 1.19 bits per heavy atom. The molecule has 0 radical (unpaired) electrons. The summed E-state index contributed by atoms with van der Waals surface area (Å²) in [6.45, 7) is 6.41. The standard InChI is InChI=1S/C17H25NO3/c1-17(2,3)10-9-15(19)18-12-14(16(20)21)11-13-7-5-4-6-8-13/h4-8,14H,9-12H2,1-3H3,(H,18,19)(H,20,21). The van der Waals surface area contributed by atoms with E-state index < -0.39 is 11.9 Å². The maximum atomic E-state index is 11.8. The summed E-state index contributed by atoms with van der Waals surface area (Å²) >= 11 is 0. The van der Waals surface area contributed by atoms with Gasteiger partial charge in [-0.2, -0.15) is 0 Å². The Hall–Kier alpha value is -1.84. The Morgan fingerprint density at radius 3 is 2.33 bits per heavy atom. The summed E-state index contributed by atoms with van der Waals surface area (Å²) in [7, 11) is 0. The first kappa shape index (κ1) is 17.2. The maximum Gasteiger partial charge on any atom is 0.308 e.